The highest BCUT2D eigenvalue weighted by atomic mass is 16.4. The van der Waals surface area contributed by atoms with Gasteiger partial charge in [0.05, 0.1) is 17.3 Å². The number of nitrogens with zero attached hydrogens (tertiary/aromatic N) is 1. The minimum absolute atomic E-state index is 0.00517. The number of aromatic nitrogens is 2. The second kappa shape index (κ2) is 4.70. The number of nitrogens with one attached hydrogen (secondary N) is 1. The number of aromatic amines is 1. The molecular formula is C12H10N2O4. The number of hydrogen-bond acceptors (Lipinski definition) is 3. The lowest BCUT2D eigenvalue weighted by molar-refractivity contribution is -0.131. The van der Waals surface area contributed by atoms with Gasteiger partial charge in [-0.05, 0) is 12.1 Å². The molecule has 92 valence electrons. The quantitative estimate of drug-likeness (QED) is 0.763. The van der Waals surface area contributed by atoms with Gasteiger partial charge in [-0.1, -0.05) is 18.2 Å². The van der Waals surface area contributed by atoms with Gasteiger partial charge in [0.2, 0.25) is 0 Å². The highest BCUT2D eigenvalue weighted by Gasteiger charge is 2.04. The van der Waals surface area contributed by atoms with E-state index in [-0.39, 0.29) is 17.7 Å². The number of fused-ring (bicyclic) bond motifs is 1. The molecule has 0 aliphatic carbocycles. The van der Waals surface area contributed by atoms with E-state index in [4.69, 9.17) is 5.11 Å². The Labute approximate surface area is 101 Å². The van der Waals surface area contributed by atoms with E-state index in [0.29, 0.717) is 10.8 Å². The summed E-state index contributed by atoms with van der Waals surface area (Å²) >= 11 is 0. The van der Waals surface area contributed by atoms with Gasteiger partial charge in [0.15, 0.2) is 0 Å². The summed E-state index contributed by atoms with van der Waals surface area (Å²) in [6.45, 7) is 0.00517. The molecule has 0 bridgehead atoms. The van der Waals surface area contributed by atoms with Gasteiger partial charge in [-0.15, -0.1) is 0 Å². The van der Waals surface area contributed by atoms with E-state index in [1.165, 1.54) is 6.08 Å². The van der Waals surface area contributed by atoms with E-state index in [1.807, 2.05) is 0 Å². The Morgan fingerprint density at radius 3 is 2.61 bits per heavy atom. The molecule has 2 aromatic rings. The molecule has 0 fully saturated rings. The average molecular weight is 246 g/mol. The predicted octanol–water partition coefficient (Wildman–Crippen LogP) is 0.331. The van der Waals surface area contributed by atoms with Crippen molar-refractivity contribution in [3.63, 3.8) is 0 Å². The molecule has 2 rings (SSSR count). The standard InChI is InChI=1S/C12H10N2O4/c15-10(16)6-3-7-14-12(18)9-5-2-1-4-8(9)11(17)13-14/h1-6H,7H2,(H,13,17)(H,15,16). The number of carboxylic acid groups (broad SMARTS) is 1. The maximum atomic E-state index is 12.0. The van der Waals surface area contributed by atoms with Gasteiger partial charge >= 0.3 is 5.97 Å². The Morgan fingerprint density at radius 2 is 1.94 bits per heavy atom. The third-order valence-electron chi connectivity index (χ3n) is 2.43. The molecule has 18 heavy (non-hydrogen) atoms. The average Bonchev–Trinajstić information content (AvgIpc) is 2.35. The summed E-state index contributed by atoms with van der Waals surface area (Å²) in [5, 5.41) is 11.5. The fourth-order valence-corrected chi connectivity index (χ4v) is 1.63. The fraction of sp³-hybridized carbons (Fsp3) is 0.0833. The van der Waals surface area contributed by atoms with Gasteiger partial charge < -0.3 is 5.11 Å². The fourth-order valence-electron chi connectivity index (χ4n) is 1.63. The normalized spacial score (nSPS) is 11.1. The van der Waals surface area contributed by atoms with E-state index in [0.717, 1.165) is 10.8 Å². The number of benzene rings is 1. The van der Waals surface area contributed by atoms with Crippen molar-refractivity contribution in [1.82, 2.24) is 9.78 Å². The lowest BCUT2D eigenvalue weighted by Gasteiger charge is -2.03. The zero-order chi connectivity index (χ0) is 13.1. The van der Waals surface area contributed by atoms with Crippen LogP contribution in [0.5, 0.6) is 0 Å². The SMILES string of the molecule is O=C(O)C=CCn1[nH]c(=O)c2ccccc2c1=O. The van der Waals surface area contributed by atoms with Crippen LogP contribution >= 0.6 is 0 Å². The molecule has 0 unspecified atom stereocenters. The van der Waals surface area contributed by atoms with E-state index < -0.39 is 5.97 Å². The van der Waals surface area contributed by atoms with Crippen LogP contribution in [0.1, 0.15) is 0 Å². The summed E-state index contributed by atoms with van der Waals surface area (Å²) in [5.41, 5.74) is -0.742. The van der Waals surface area contributed by atoms with Gasteiger partial charge in [-0.3, -0.25) is 14.7 Å². The summed E-state index contributed by atoms with van der Waals surface area (Å²) in [5.74, 6) is -1.11. The van der Waals surface area contributed by atoms with E-state index >= 15 is 0 Å². The van der Waals surface area contributed by atoms with Gasteiger partial charge in [0, 0.05) is 6.08 Å². The summed E-state index contributed by atoms with van der Waals surface area (Å²) in [6, 6.07) is 6.46. The smallest absolute Gasteiger partial charge is 0.328 e. The first-order chi connectivity index (χ1) is 8.59. The molecule has 0 aliphatic heterocycles. The second-order valence-electron chi connectivity index (χ2n) is 3.64. The van der Waals surface area contributed by atoms with Crippen molar-refractivity contribution in [2.24, 2.45) is 0 Å². The molecule has 1 heterocycles. The number of carboxylic acids is 1. The molecule has 0 aliphatic rings. The van der Waals surface area contributed by atoms with E-state index in [9.17, 15) is 14.4 Å². The lowest BCUT2D eigenvalue weighted by atomic mass is 10.2. The van der Waals surface area contributed by atoms with Crippen molar-refractivity contribution in [2.45, 2.75) is 6.54 Å². The molecule has 0 atom stereocenters. The number of aliphatic carboxylic acids is 1. The molecule has 0 spiro atoms. The first-order valence-electron chi connectivity index (χ1n) is 5.21. The highest BCUT2D eigenvalue weighted by molar-refractivity contribution is 5.80. The minimum Gasteiger partial charge on any atom is -0.478 e. The Hall–Kier alpha value is -2.63. The highest BCUT2D eigenvalue weighted by Crippen LogP contribution is 2.02. The van der Waals surface area contributed by atoms with Gasteiger partial charge in [0.25, 0.3) is 11.1 Å². The molecule has 0 radical (unpaired) electrons. The minimum atomic E-state index is -1.11. The number of allylic oxidation sites excluding steroid dienone is 1. The molecule has 0 saturated carbocycles. The number of carbonyl (C=O) groups is 1. The van der Waals surface area contributed by atoms with Crippen LogP contribution < -0.4 is 11.1 Å². The molecule has 0 saturated heterocycles. The van der Waals surface area contributed by atoms with Gasteiger partial charge in [0.1, 0.15) is 0 Å². The summed E-state index contributed by atoms with van der Waals surface area (Å²) in [7, 11) is 0. The molecule has 2 N–H and O–H groups in total. The number of H-pyrrole nitrogens is 1. The van der Waals surface area contributed by atoms with Crippen molar-refractivity contribution < 1.29 is 9.90 Å². The predicted molar refractivity (Wildman–Crippen MR) is 65.6 cm³/mol. The zero-order valence-electron chi connectivity index (χ0n) is 9.29. The van der Waals surface area contributed by atoms with Crippen molar-refractivity contribution >= 4 is 16.7 Å². The topological polar surface area (TPSA) is 92.2 Å². The van der Waals surface area contributed by atoms with Crippen molar-refractivity contribution in [1.29, 1.82) is 0 Å². The lowest BCUT2D eigenvalue weighted by Crippen LogP contribution is -2.29. The summed E-state index contributed by atoms with van der Waals surface area (Å²) in [6.07, 6.45) is 2.20. The van der Waals surface area contributed by atoms with Crippen LogP contribution in [-0.2, 0) is 11.3 Å². The van der Waals surface area contributed by atoms with Crippen LogP contribution in [0.4, 0.5) is 0 Å². The van der Waals surface area contributed by atoms with E-state index in [1.54, 1.807) is 24.3 Å². The Balaban J connectivity index is 2.54. The second-order valence-corrected chi connectivity index (χ2v) is 3.64. The van der Waals surface area contributed by atoms with Gasteiger partial charge in [-0.25, -0.2) is 9.48 Å². The zero-order valence-corrected chi connectivity index (χ0v) is 9.29. The molecule has 0 amide bonds. The van der Waals surface area contributed by atoms with Crippen LogP contribution in [0, 0.1) is 0 Å². The van der Waals surface area contributed by atoms with Crippen molar-refractivity contribution in [3.8, 4) is 0 Å². The molecule has 6 nitrogen and oxygen atoms in total. The third kappa shape index (κ3) is 2.22. The van der Waals surface area contributed by atoms with E-state index in [2.05, 4.69) is 5.10 Å². The Morgan fingerprint density at radius 1 is 1.28 bits per heavy atom. The molecule has 1 aromatic heterocycles. The monoisotopic (exact) mass is 246 g/mol. The van der Waals surface area contributed by atoms with Crippen LogP contribution in [0.3, 0.4) is 0 Å². The molecule has 1 aromatic carbocycles. The third-order valence-corrected chi connectivity index (χ3v) is 2.43. The maximum absolute atomic E-state index is 12.0. The molecule has 6 heteroatoms. The van der Waals surface area contributed by atoms with Crippen LogP contribution in [0.2, 0.25) is 0 Å². The van der Waals surface area contributed by atoms with Crippen LogP contribution in [0.15, 0.2) is 46.0 Å². The number of rotatable bonds is 3. The van der Waals surface area contributed by atoms with Crippen molar-refractivity contribution in [2.75, 3.05) is 0 Å². The van der Waals surface area contributed by atoms with Gasteiger partial charge in [-0.2, -0.15) is 0 Å². The summed E-state index contributed by atoms with van der Waals surface area (Å²) < 4.78 is 1.07. The first kappa shape index (κ1) is 11.8. The largest absolute Gasteiger partial charge is 0.478 e. The first-order valence-corrected chi connectivity index (χ1v) is 5.21. The molecular weight excluding hydrogens is 236 g/mol. The Kier molecular flexibility index (Phi) is 3.09. The van der Waals surface area contributed by atoms with Crippen LogP contribution in [-0.4, -0.2) is 20.9 Å². The maximum Gasteiger partial charge on any atom is 0.328 e. The van der Waals surface area contributed by atoms with Crippen molar-refractivity contribution in [3.05, 3.63) is 57.1 Å². The Bertz CT molecular complexity index is 740. The van der Waals surface area contributed by atoms with Crippen LogP contribution in [0.25, 0.3) is 10.8 Å². The summed E-state index contributed by atoms with van der Waals surface area (Å²) in [4.78, 5) is 34.0. The number of hydrogen-bond donors (Lipinski definition) is 2.